The first-order chi connectivity index (χ1) is 14.3. The van der Waals surface area contributed by atoms with Gasteiger partial charge in [-0.15, -0.1) is 0 Å². The maximum absolute atomic E-state index is 13.7. The van der Waals surface area contributed by atoms with E-state index >= 15 is 0 Å². The Morgan fingerprint density at radius 1 is 1.13 bits per heavy atom. The molecule has 1 aromatic heterocycles. The highest BCUT2D eigenvalue weighted by molar-refractivity contribution is 7.71. The third kappa shape index (κ3) is 4.62. The van der Waals surface area contributed by atoms with Crippen LogP contribution >= 0.6 is 12.2 Å². The second-order valence-corrected chi connectivity index (χ2v) is 7.24. The summed E-state index contributed by atoms with van der Waals surface area (Å²) in [6, 6.07) is 11.8. The van der Waals surface area contributed by atoms with E-state index in [-0.39, 0.29) is 24.9 Å². The van der Waals surface area contributed by atoms with Crippen molar-refractivity contribution in [3.8, 4) is 0 Å². The Balaban J connectivity index is 1.68. The lowest BCUT2D eigenvalue weighted by Gasteiger charge is -2.08. The molecule has 0 spiro atoms. The molecule has 0 atom stereocenters. The largest absolute Gasteiger partial charge is 0.345 e. The zero-order valence-electron chi connectivity index (χ0n) is 16.9. The molecule has 30 heavy (non-hydrogen) atoms. The van der Waals surface area contributed by atoms with Crippen molar-refractivity contribution >= 4 is 29.7 Å². The average molecular weight is 428 g/mol. The molecule has 3 aromatic rings. The number of benzene rings is 2. The Labute approximate surface area is 178 Å². The number of halogens is 1. The normalized spacial score (nSPS) is 10.7. The molecule has 0 unspecified atom stereocenters. The standard InChI is InChI=1S/C21H22FN5O2S/c1-13-7-4-5-8-15(13)20(29)23-11-18-25-27(21(30)26(18)3)12-19(28)24-17-10-6-9-16(22)14(17)2/h4-10H,11-12H2,1-3H3,(H,23,29)(H,24,28). The van der Waals surface area contributed by atoms with Crippen LogP contribution in [0.2, 0.25) is 0 Å². The van der Waals surface area contributed by atoms with Crippen molar-refractivity contribution in [3.05, 3.63) is 75.6 Å². The van der Waals surface area contributed by atoms with Crippen LogP contribution in [0.4, 0.5) is 10.1 Å². The molecule has 9 heteroatoms. The lowest BCUT2D eigenvalue weighted by atomic mass is 10.1. The molecule has 0 saturated carbocycles. The molecule has 0 aliphatic carbocycles. The van der Waals surface area contributed by atoms with Gasteiger partial charge in [-0.25, -0.2) is 9.07 Å². The zero-order valence-corrected chi connectivity index (χ0v) is 17.7. The van der Waals surface area contributed by atoms with E-state index in [1.807, 2.05) is 19.1 Å². The Bertz CT molecular complexity index is 1170. The van der Waals surface area contributed by atoms with Gasteiger partial charge in [0.15, 0.2) is 10.6 Å². The highest BCUT2D eigenvalue weighted by atomic mass is 32.1. The van der Waals surface area contributed by atoms with Crippen molar-refractivity contribution in [2.75, 3.05) is 5.32 Å². The topological polar surface area (TPSA) is 80.9 Å². The molecule has 0 bridgehead atoms. The first-order valence-electron chi connectivity index (χ1n) is 9.29. The monoisotopic (exact) mass is 427 g/mol. The molecule has 0 fully saturated rings. The minimum absolute atomic E-state index is 0.131. The van der Waals surface area contributed by atoms with E-state index in [4.69, 9.17) is 12.2 Å². The van der Waals surface area contributed by atoms with E-state index in [2.05, 4.69) is 15.7 Å². The summed E-state index contributed by atoms with van der Waals surface area (Å²) in [7, 11) is 1.72. The van der Waals surface area contributed by atoms with Gasteiger partial charge in [-0.3, -0.25) is 9.59 Å². The Hall–Kier alpha value is -3.33. The molecular formula is C21H22FN5O2S. The van der Waals surface area contributed by atoms with E-state index in [1.54, 1.807) is 36.7 Å². The average Bonchev–Trinajstić information content (AvgIpc) is 2.97. The summed E-state index contributed by atoms with van der Waals surface area (Å²) < 4.78 is 17.0. The quantitative estimate of drug-likeness (QED) is 0.592. The van der Waals surface area contributed by atoms with Crippen molar-refractivity contribution in [3.63, 3.8) is 0 Å². The summed E-state index contributed by atoms with van der Waals surface area (Å²) in [5.41, 5.74) is 2.21. The second kappa shape index (κ2) is 9.00. The lowest BCUT2D eigenvalue weighted by Crippen LogP contribution is -2.25. The molecule has 7 nitrogen and oxygen atoms in total. The maximum Gasteiger partial charge on any atom is 0.251 e. The van der Waals surface area contributed by atoms with Crippen LogP contribution in [0.25, 0.3) is 0 Å². The van der Waals surface area contributed by atoms with Crippen molar-refractivity contribution in [2.45, 2.75) is 26.9 Å². The minimum Gasteiger partial charge on any atom is -0.345 e. The van der Waals surface area contributed by atoms with Crippen molar-refractivity contribution in [2.24, 2.45) is 7.05 Å². The van der Waals surface area contributed by atoms with Gasteiger partial charge in [0.2, 0.25) is 5.91 Å². The number of nitrogens with one attached hydrogen (secondary N) is 2. The van der Waals surface area contributed by atoms with Gasteiger partial charge in [-0.1, -0.05) is 24.3 Å². The third-order valence-electron chi connectivity index (χ3n) is 4.76. The summed E-state index contributed by atoms with van der Waals surface area (Å²) in [4.78, 5) is 24.8. The van der Waals surface area contributed by atoms with Gasteiger partial charge >= 0.3 is 0 Å². The van der Waals surface area contributed by atoms with E-state index < -0.39 is 5.82 Å². The van der Waals surface area contributed by atoms with Crippen LogP contribution in [0.15, 0.2) is 42.5 Å². The molecule has 2 aromatic carbocycles. The summed E-state index contributed by atoms with van der Waals surface area (Å²) in [6.07, 6.45) is 0. The zero-order chi connectivity index (χ0) is 21.8. The SMILES string of the molecule is Cc1ccccc1C(=O)NCc1nn(CC(=O)Nc2cccc(F)c2C)c(=S)n1C. The molecule has 0 radical (unpaired) electrons. The van der Waals surface area contributed by atoms with Gasteiger partial charge in [0.1, 0.15) is 12.4 Å². The number of hydrogen-bond donors (Lipinski definition) is 2. The van der Waals surface area contributed by atoms with Crippen LogP contribution < -0.4 is 10.6 Å². The van der Waals surface area contributed by atoms with Crippen molar-refractivity contribution in [1.82, 2.24) is 19.7 Å². The first-order valence-corrected chi connectivity index (χ1v) is 9.70. The predicted octanol–water partition coefficient (Wildman–Crippen LogP) is 3.28. The maximum atomic E-state index is 13.7. The first kappa shape index (κ1) is 21.4. The number of hydrogen-bond acceptors (Lipinski definition) is 4. The number of carbonyl (C=O) groups is 2. The van der Waals surface area contributed by atoms with Crippen LogP contribution in [0.5, 0.6) is 0 Å². The number of aryl methyl sites for hydroxylation is 1. The Morgan fingerprint density at radius 2 is 1.87 bits per heavy atom. The summed E-state index contributed by atoms with van der Waals surface area (Å²) in [5.74, 6) is -0.480. The fraction of sp³-hybridized carbons (Fsp3) is 0.238. The fourth-order valence-corrected chi connectivity index (χ4v) is 3.15. The molecule has 1 heterocycles. The number of carbonyl (C=O) groups excluding carboxylic acids is 2. The molecule has 0 aliphatic heterocycles. The molecular weight excluding hydrogens is 405 g/mol. The number of anilines is 1. The van der Waals surface area contributed by atoms with Crippen LogP contribution in [-0.4, -0.2) is 26.2 Å². The second-order valence-electron chi connectivity index (χ2n) is 6.87. The van der Waals surface area contributed by atoms with Gasteiger partial charge in [0.25, 0.3) is 5.91 Å². The number of amides is 2. The molecule has 0 aliphatic rings. The van der Waals surface area contributed by atoms with Crippen LogP contribution in [0, 0.1) is 24.4 Å². The van der Waals surface area contributed by atoms with Gasteiger partial charge in [0, 0.05) is 23.9 Å². The van der Waals surface area contributed by atoms with E-state index in [0.717, 1.165) is 5.56 Å². The predicted molar refractivity (Wildman–Crippen MR) is 114 cm³/mol. The number of aromatic nitrogens is 3. The molecule has 156 valence electrons. The molecule has 2 N–H and O–H groups in total. The highest BCUT2D eigenvalue weighted by Gasteiger charge is 2.14. The molecule has 3 rings (SSSR count). The highest BCUT2D eigenvalue weighted by Crippen LogP contribution is 2.17. The lowest BCUT2D eigenvalue weighted by molar-refractivity contribution is -0.116. The smallest absolute Gasteiger partial charge is 0.251 e. The van der Waals surface area contributed by atoms with Gasteiger partial charge < -0.3 is 15.2 Å². The van der Waals surface area contributed by atoms with Gasteiger partial charge in [-0.05, 0) is 49.8 Å². The van der Waals surface area contributed by atoms with E-state index in [0.29, 0.717) is 27.4 Å². The number of nitrogens with zero attached hydrogens (tertiary/aromatic N) is 3. The van der Waals surface area contributed by atoms with Crippen LogP contribution in [0.1, 0.15) is 27.3 Å². The van der Waals surface area contributed by atoms with Gasteiger partial charge in [0.05, 0.1) is 6.54 Å². The summed E-state index contributed by atoms with van der Waals surface area (Å²) in [5, 5.41) is 9.83. The van der Waals surface area contributed by atoms with Crippen LogP contribution in [-0.2, 0) is 24.9 Å². The van der Waals surface area contributed by atoms with Crippen molar-refractivity contribution in [1.29, 1.82) is 0 Å². The number of rotatable bonds is 6. The summed E-state index contributed by atoms with van der Waals surface area (Å²) >= 11 is 5.35. The van der Waals surface area contributed by atoms with E-state index in [1.165, 1.54) is 16.8 Å². The Morgan fingerprint density at radius 3 is 2.60 bits per heavy atom. The van der Waals surface area contributed by atoms with Crippen molar-refractivity contribution < 1.29 is 14.0 Å². The molecule has 0 saturated heterocycles. The molecule has 2 amide bonds. The van der Waals surface area contributed by atoms with Crippen LogP contribution in [0.3, 0.4) is 0 Å². The third-order valence-corrected chi connectivity index (χ3v) is 5.25. The summed E-state index contributed by atoms with van der Waals surface area (Å²) in [6.45, 7) is 3.48. The van der Waals surface area contributed by atoms with E-state index in [9.17, 15) is 14.0 Å². The van der Waals surface area contributed by atoms with Gasteiger partial charge in [-0.2, -0.15) is 5.10 Å². The fourth-order valence-electron chi connectivity index (χ4n) is 2.94. The Kier molecular flexibility index (Phi) is 6.41. The minimum atomic E-state index is -0.395.